The summed E-state index contributed by atoms with van der Waals surface area (Å²) < 4.78 is 0. The van der Waals surface area contributed by atoms with Crippen molar-refractivity contribution in [3.05, 3.63) is 35.9 Å². The highest BCUT2D eigenvalue weighted by Gasteiger charge is 2.30. The second-order valence-electron chi connectivity index (χ2n) is 7.67. The van der Waals surface area contributed by atoms with Crippen molar-refractivity contribution in [3.8, 4) is 0 Å². The predicted molar refractivity (Wildman–Crippen MR) is 89.7 cm³/mol. The van der Waals surface area contributed by atoms with Crippen molar-refractivity contribution < 1.29 is 9.90 Å². The number of carboxylic acids is 1. The van der Waals surface area contributed by atoms with Crippen LogP contribution in [0.15, 0.2) is 30.3 Å². The first-order valence-electron chi connectivity index (χ1n) is 8.39. The van der Waals surface area contributed by atoms with Gasteiger partial charge in [-0.25, -0.2) is 0 Å². The molecule has 0 amide bonds. The van der Waals surface area contributed by atoms with E-state index in [1.807, 2.05) is 30.3 Å². The van der Waals surface area contributed by atoms with E-state index in [-0.39, 0.29) is 0 Å². The van der Waals surface area contributed by atoms with Gasteiger partial charge in [0.05, 0.1) is 0 Å². The van der Waals surface area contributed by atoms with E-state index in [0.29, 0.717) is 11.3 Å². The summed E-state index contributed by atoms with van der Waals surface area (Å²) in [5, 5.41) is 12.7. The Morgan fingerprint density at radius 1 is 1.18 bits per heavy atom. The summed E-state index contributed by atoms with van der Waals surface area (Å²) in [6.45, 7) is 7.77. The highest BCUT2D eigenvalue weighted by molar-refractivity contribution is 5.75. The second kappa shape index (κ2) is 7.28. The highest BCUT2D eigenvalue weighted by atomic mass is 16.4. The third-order valence-electron chi connectivity index (χ3n) is 5.06. The van der Waals surface area contributed by atoms with Crippen molar-refractivity contribution in [2.75, 3.05) is 6.54 Å². The first-order chi connectivity index (χ1) is 10.4. The minimum absolute atomic E-state index is 0.395. The van der Waals surface area contributed by atoms with Gasteiger partial charge in [-0.3, -0.25) is 4.79 Å². The number of nitrogens with one attached hydrogen (secondary N) is 1. The number of carboxylic acid groups (broad SMARTS) is 1. The Morgan fingerprint density at radius 2 is 1.77 bits per heavy atom. The van der Waals surface area contributed by atoms with E-state index in [2.05, 4.69) is 26.1 Å². The normalized spacial score (nSPS) is 24.0. The zero-order valence-corrected chi connectivity index (χ0v) is 14.0. The SMILES string of the molecule is CC(C)(C)C1CCC(CN[C@@H](C(=O)O)c2ccccc2)CC1. The molecule has 2 rings (SSSR count). The molecule has 0 unspecified atom stereocenters. The first-order valence-corrected chi connectivity index (χ1v) is 8.39. The van der Waals surface area contributed by atoms with Gasteiger partial charge < -0.3 is 10.4 Å². The highest BCUT2D eigenvalue weighted by Crippen LogP contribution is 2.39. The standard InChI is InChI=1S/C19H29NO2/c1-19(2,3)16-11-9-14(10-12-16)13-20-17(18(21)22)15-7-5-4-6-8-15/h4-8,14,16-17,20H,9-13H2,1-3H3,(H,21,22)/t14?,16?,17-/m1/s1. The van der Waals surface area contributed by atoms with Gasteiger partial charge in [-0.15, -0.1) is 0 Å². The van der Waals surface area contributed by atoms with Crippen LogP contribution in [0.2, 0.25) is 0 Å². The van der Waals surface area contributed by atoms with Gasteiger partial charge in [-0.2, -0.15) is 0 Å². The topological polar surface area (TPSA) is 49.3 Å². The van der Waals surface area contributed by atoms with Gasteiger partial charge in [-0.1, -0.05) is 51.1 Å². The lowest BCUT2D eigenvalue weighted by molar-refractivity contribution is -0.139. The molecule has 22 heavy (non-hydrogen) atoms. The summed E-state index contributed by atoms with van der Waals surface area (Å²) in [7, 11) is 0. The van der Waals surface area contributed by atoms with Crippen LogP contribution < -0.4 is 5.32 Å². The summed E-state index contributed by atoms with van der Waals surface area (Å²) in [5.41, 5.74) is 1.23. The molecular weight excluding hydrogens is 274 g/mol. The smallest absolute Gasteiger partial charge is 0.325 e. The second-order valence-corrected chi connectivity index (χ2v) is 7.67. The van der Waals surface area contributed by atoms with E-state index in [1.165, 1.54) is 25.7 Å². The Morgan fingerprint density at radius 3 is 2.27 bits per heavy atom. The van der Waals surface area contributed by atoms with Gasteiger partial charge in [0, 0.05) is 0 Å². The fourth-order valence-electron chi connectivity index (χ4n) is 3.51. The van der Waals surface area contributed by atoms with Gasteiger partial charge in [0.15, 0.2) is 0 Å². The molecule has 0 bridgehead atoms. The molecule has 1 aromatic rings. The van der Waals surface area contributed by atoms with E-state index in [0.717, 1.165) is 18.0 Å². The maximum absolute atomic E-state index is 11.5. The zero-order valence-electron chi connectivity index (χ0n) is 14.0. The van der Waals surface area contributed by atoms with Crippen LogP contribution in [0.4, 0.5) is 0 Å². The molecule has 0 spiro atoms. The van der Waals surface area contributed by atoms with Crippen molar-refractivity contribution in [3.63, 3.8) is 0 Å². The summed E-state index contributed by atoms with van der Waals surface area (Å²) in [6.07, 6.45) is 4.93. The van der Waals surface area contributed by atoms with Crippen LogP contribution in [0.3, 0.4) is 0 Å². The molecule has 1 aliphatic rings. The molecule has 1 aliphatic carbocycles. The number of carbonyl (C=O) groups is 1. The third kappa shape index (κ3) is 4.57. The van der Waals surface area contributed by atoms with Crippen LogP contribution in [0.5, 0.6) is 0 Å². The van der Waals surface area contributed by atoms with Crippen molar-refractivity contribution in [1.82, 2.24) is 5.32 Å². The number of hydrogen-bond acceptors (Lipinski definition) is 2. The van der Waals surface area contributed by atoms with Gasteiger partial charge in [0.25, 0.3) is 0 Å². The predicted octanol–water partition coefficient (Wildman–Crippen LogP) is 4.25. The molecule has 1 aromatic carbocycles. The van der Waals surface area contributed by atoms with E-state index < -0.39 is 12.0 Å². The van der Waals surface area contributed by atoms with Crippen LogP contribution in [0, 0.1) is 17.3 Å². The van der Waals surface area contributed by atoms with Gasteiger partial charge in [0.1, 0.15) is 6.04 Å². The molecule has 1 saturated carbocycles. The Labute approximate surface area is 134 Å². The maximum atomic E-state index is 11.5. The van der Waals surface area contributed by atoms with Crippen molar-refractivity contribution in [2.45, 2.75) is 52.5 Å². The van der Waals surface area contributed by atoms with Crippen molar-refractivity contribution >= 4 is 5.97 Å². The molecule has 0 aliphatic heterocycles. The molecule has 1 fully saturated rings. The number of rotatable bonds is 5. The summed E-state index contributed by atoms with van der Waals surface area (Å²) in [6, 6.07) is 8.85. The lowest BCUT2D eigenvalue weighted by Gasteiger charge is -2.37. The quantitative estimate of drug-likeness (QED) is 0.854. The fraction of sp³-hybridized carbons (Fsp3) is 0.632. The summed E-state index contributed by atoms with van der Waals surface area (Å²) >= 11 is 0. The molecule has 3 nitrogen and oxygen atoms in total. The Kier molecular flexibility index (Phi) is 5.63. The number of benzene rings is 1. The maximum Gasteiger partial charge on any atom is 0.325 e. The van der Waals surface area contributed by atoms with Crippen LogP contribution in [-0.2, 0) is 4.79 Å². The van der Waals surface area contributed by atoms with E-state index in [9.17, 15) is 9.90 Å². The van der Waals surface area contributed by atoms with Crippen LogP contribution >= 0.6 is 0 Å². The first kappa shape index (κ1) is 17.0. The van der Waals surface area contributed by atoms with Crippen LogP contribution in [-0.4, -0.2) is 17.6 Å². The molecule has 3 heteroatoms. The Balaban J connectivity index is 1.86. The largest absolute Gasteiger partial charge is 0.480 e. The summed E-state index contributed by atoms with van der Waals surface area (Å²) in [4.78, 5) is 11.5. The van der Waals surface area contributed by atoms with Crippen molar-refractivity contribution in [1.29, 1.82) is 0 Å². The Bertz CT molecular complexity index is 470. The van der Waals surface area contributed by atoms with Gasteiger partial charge >= 0.3 is 5.97 Å². The van der Waals surface area contributed by atoms with Gasteiger partial charge in [0.2, 0.25) is 0 Å². The third-order valence-corrected chi connectivity index (χ3v) is 5.06. The Hall–Kier alpha value is -1.35. The average molecular weight is 303 g/mol. The number of aliphatic carboxylic acids is 1. The lowest BCUT2D eigenvalue weighted by Crippen LogP contribution is -2.35. The van der Waals surface area contributed by atoms with Gasteiger partial charge in [-0.05, 0) is 55.0 Å². The molecule has 0 aromatic heterocycles. The molecular formula is C19H29NO2. The molecule has 1 atom stereocenters. The average Bonchev–Trinajstić information content (AvgIpc) is 2.48. The summed E-state index contributed by atoms with van der Waals surface area (Å²) in [5.74, 6) is 0.604. The lowest BCUT2D eigenvalue weighted by atomic mass is 9.70. The van der Waals surface area contributed by atoms with E-state index in [1.54, 1.807) is 0 Å². The zero-order chi connectivity index (χ0) is 16.2. The molecule has 0 saturated heterocycles. The minimum Gasteiger partial charge on any atom is -0.480 e. The molecule has 0 heterocycles. The minimum atomic E-state index is -0.797. The monoisotopic (exact) mass is 303 g/mol. The van der Waals surface area contributed by atoms with Crippen LogP contribution in [0.1, 0.15) is 58.1 Å². The molecule has 0 radical (unpaired) electrons. The van der Waals surface area contributed by atoms with Crippen molar-refractivity contribution in [2.24, 2.45) is 17.3 Å². The fourth-order valence-corrected chi connectivity index (χ4v) is 3.51. The van der Waals surface area contributed by atoms with Crippen LogP contribution in [0.25, 0.3) is 0 Å². The van der Waals surface area contributed by atoms with E-state index >= 15 is 0 Å². The molecule has 2 N–H and O–H groups in total. The van der Waals surface area contributed by atoms with E-state index in [4.69, 9.17) is 0 Å². The molecule has 122 valence electrons. The number of hydrogen-bond donors (Lipinski definition) is 2.